The van der Waals surface area contributed by atoms with Crippen molar-refractivity contribution in [3.05, 3.63) is 48.8 Å². The second-order valence-electron chi connectivity index (χ2n) is 6.15. The molecule has 0 saturated heterocycles. The van der Waals surface area contributed by atoms with Gasteiger partial charge in [0, 0.05) is 24.4 Å². The van der Waals surface area contributed by atoms with Crippen molar-refractivity contribution >= 4 is 39.6 Å². The van der Waals surface area contributed by atoms with Crippen LogP contribution in [0.2, 0.25) is 0 Å². The number of ether oxygens (including phenoxy) is 1. The van der Waals surface area contributed by atoms with Crippen LogP contribution in [-0.4, -0.2) is 33.8 Å². The number of hydrogen-bond donors (Lipinski definition) is 2. The van der Waals surface area contributed by atoms with Crippen LogP contribution in [0.5, 0.6) is 0 Å². The Morgan fingerprint density at radius 2 is 2.04 bits per heavy atom. The lowest BCUT2D eigenvalue weighted by molar-refractivity contribution is 0.175. The summed E-state index contributed by atoms with van der Waals surface area (Å²) in [5, 5.41) is 7.89. The highest BCUT2D eigenvalue weighted by Crippen LogP contribution is 2.37. The van der Waals surface area contributed by atoms with Crippen LogP contribution in [0.25, 0.3) is 16.7 Å². The molecule has 0 amide bonds. The topological polar surface area (TPSA) is 51.1 Å². The molecule has 0 aliphatic carbocycles. The average Bonchev–Trinajstić information content (AvgIpc) is 3.02. The van der Waals surface area contributed by atoms with E-state index in [1.807, 2.05) is 37.5 Å². The minimum atomic E-state index is -0.444. The lowest BCUT2D eigenvalue weighted by atomic mass is 9.99. The molecule has 4 rings (SSSR count). The molecule has 0 spiro atoms. The first kappa shape index (κ1) is 15.1. The number of rotatable bonds is 3. The molecule has 3 aromatic rings. The molecule has 1 aliphatic heterocycles. The molecule has 2 aromatic heterocycles. The first-order chi connectivity index (χ1) is 11.6. The third-order valence-electron chi connectivity index (χ3n) is 4.33. The predicted octanol–water partition coefficient (Wildman–Crippen LogP) is 3.60. The van der Waals surface area contributed by atoms with E-state index in [4.69, 9.17) is 17.0 Å². The summed E-state index contributed by atoms with van der Waals surface area (Å²) >= 11 is 5.50. The van der Waals surface area contributed by atoms with Crippen molar-refractivity contribution in [3.8, 4) is 5.69 Å². The number of thiocarbonyl (C=S) groups is 1. The summed E-state index contributed by atoms with van der Waals surface area (Å²) in [5.74, 6) is 0. The third kappa shape index (κ3) is 2.26. The molecule has 0 saturated carbocycles. The molecule has 24 heavy (non-hydrogen) atoms. The van der Waals surface area contributed by atoms with E-state index in [0.717, 1.165) is 28.1 Å². The van der Waals surface area contributed by atoms with E-state index in [-0.39, 0.29) is 0 Å². The Morgan fingerprint density at radius 1 is 1.25 bits per heavy atom. The molecule has 0 radical (unpaired) electrons. The SMILES string of the molecule is COC[C@]1(C)Nc2c(cnc3c2ccn3-c2ccccc2)NC1=S. The van der Waals surface area contributed by atoms with Crippen LogP contribution in [0.4, 0.5) is 11.4 Å². The molecule has 0 unspecified atom stereocenters. The summed E-state index contributed by atoms with van der Waals surface area (Å²) in [5.41, 5.74) is 3.44. The van der Waals surface area contributed by atoms with Gasteiger partial charge >= 0.3 is 0 Å². The van der Waals surface area contributed by atoms with Crippen molar-refractivity contribution in [1.29, 1.82) is 0 Å². The maximum atomic E-state index is 5.50. The molecule has 6 heteroatoms. The van der Waals surface area contributed by atoms with Crippen LogP contribution in [0.1, 0.15) is 6.92 Å². The van der Waals surface area contributed by atoms with Crippen molar-refractivity contribution < 1.29 is 4.74 Å². The Hall–Kier alpha value is -2.44. The molecule has 1 aliphatic rings. The molecule has 1 aromatic carbocycles. The highest BCUT2D eigenvalue weighted by atomic mass is 32.1. The van der Waals surface area contributed by atoms with Gasteiger partial charge in [-0.25, -0.2) is 4.98 Å². The van der Waals surface area contributed by atoms with Crippen molar-refractivity contribution in [1.82, 2.24) is 9.55 Å². The van der Waals surface area contributed by atoms with Gasteiger partial charge in [-0.1, -0.05) is 30.4 Å². The van der Waals surface area contributed by atoms with Gasteiger partial charge in [-0.2, -0.15) is 0 Å². The van der Waals surface area contributed by atoms with Crippen molar-refractivity contribution in [3.63, 3.8) is 0 Å². The zero-order valence-electron chi connectivity index (χ0n) is 13.5. The van der Waals surface area contributed by atoms with E-state index in [9.17, 15) is 0 Å². The molecular weight excluding hydrogens is 320 g/mol. The van der Waals surface area contributed by atoms with Crippen LogP contribution in [0.3, 0.4) is 0 Å². The van der Waals surface area contributed by atoms with Gasteiger partial charge < -0.3 is 19.9 Å². The average molecular weight is 338 g/mol. The maximum Gasteiger partial charge on any atom is 0.146 e. The van der Waals surface area contributed by atoms with E-state index < -0.39 is 5.54 Å². The first-order valence-electron chi connectivity index (χ1n) is 7.76. The van der Waals surface area contributed by atoms with Gasteiger partial charge in [0.2, 0.25) is 0 Å². The Balaban J connectivity index is 1.86. The Bertz CT molecular complexity index is 921. The van der Waals surface area contributed by atoms with Crippen LogP contribution < -0.4 is 10.6 Å². The molecule has 0 fully saturated rings. The van der Waals surface area contributed by atoms with Gasteiger partial charge in [-0.15, -0.1) is 0 Å². The van der Waals surface area contributed by atoms with Crippen molar-refractivity contribution in [2.45, 2.75) is 12.5 Å². The number of hydrogen-bond acceptors (Lipinski definition) is 4. The fraction of sp³-hybridized carbons (Fsp3) is 0.222. The number of nitrogens with zero attached hydrogens (tertiary/aromatic N) is 2. The van der Waals surface area contributed by atoms with Crippen molar-refractivity contribution in [2.24, 2.45) is 0 Å². The van der Waals surface area contributed by atoms with Gasteiger partial charge in [0.15, 0.2) is 0 Å². The van der Waals surface area contributed by atoms with Gasteiger partial charge in [-0.3, -0.25) is 0 Å². The van der Waals surface area contributed by atoms with E-state index in [2.05, 4.69) is 38.4 Å². The number of fused-ring (bicyclic) bond motifs is 3. The first-order valence-corrected chi connectivity index (χ1v) is 8.17. The highest BCUT2D eigenvalue weighted by Gasteiger charge is 2.35. The lowest BCUT2D eigenvalue weighted by Crippen LogP contribution is -2.52. The van der Waals surface area contributed by atoms with E-state index in [1.54, 1.807) is 7.11 Å². The fourth-order valence-electron chi connectivity index (χ4n) is 3.10. The molecule has 3 heterocycles. The Labute approximate surface area is 145 Å². The fourth-order valence-corrected chi connectivity index (χ4v) is 3.32. The van der Waals surface area contributed by atoms with Gasteiger partial charge in [0.05, 0.1) is 24.2 Å². The summed E-state index contributed by atoms with van der Waals surface area (Å²) in [6, 6.07) is 12.3. The summed E-state index contributed by atoms with van der Waals surface area (Å²) < 4.78 is 7.43. The van der Waals surface area contributed by atoms with E-state index >= 15 is 0 Å². The van der Waals surface area contributed by atoms with Crippen LogP contribution in [-0.2, 0) is 4.74 Å². The smallest absolute Gasteiger partial charge is 0.146 e. The standard InChI is InChI=1S/C18H18N4OS/c1-18(11-23-2)17(24)20-14-10-19-16-13(15(14)21-18)8-9-22(16)12-6-4-3-5-7-12/h3-10,21H,11H2,1-2H3,(H,20,24)/t18-/m0/s1. The largest absolute Gasteiger partial charge is 0.382 e. The quantitative estimate of drug-likeness (QED) is 0.715. The highest BCUT2D eigenvalue weighted by molar-refractivity contribution is 7.80. The van der Waals surface area contributed by atoms with E-state index in [0.29, 0.717) is 11.6 Å². The number of pyridine rings is 1. The normalized spacial score (nSPS) is 19.7. The maximum absolute atomic E-state index is 5.50. The van der Waals surface area contributed by atoms with Gasteiger partial charge in [0.25, 0.3) is 0 Å². The van der Waals surface area contributed by atoms with Gasteiger partial charge in [-0.05, 0) is 25.1 Å². The number of para-hydroxylation sites is 1. The monoisotopic (exact) mass is 338 g/mol. The summed E-state index contributed by atoms with van der Waals surface area (Å²) in [7, 11) is 1.68. The molecule has 1 atom stereocenters. The van der Waals surface area contributed by atoms with E-state index in [1.165, 1.54) is 0 Å². The zero-order chi connectivity index (χ0) is 16.7. The summed E-state index contributed by atoms with van der Waals surface area (Å²) in [6.45, 7) is 2.52. The number of nitrogens with one attached hydrogen (secondary N) is 2. The summed E-state index contributed by atoms with van der Waals surface area (Å²) in [4.78, 5) is 5.34. The number of benzene rings is 1. The lowest BCUT2D eigenvalue weighted by Gasteiger charge is -2.37. The summed E-state index contributed by atoms with van der Waals surface area (Å²) in [6.07, 6.45) is 3.86. The number of methoxy groups -OCH3 is 1. The minimum absolute atomic E-state index is 0.444. The van der Waals surface area contributed by atoms with Crippen LogP contribution in [0.15, 0.2) is 48.8 Å². The van der Waals surface area contributed by atoms with Gasteiger partial charge in [0.1, 0.15) is 16.2 Å². The van der Waals surface area contributed by atoms with Crippen molar-refractivity contribution in [2.75, 3.05) is 24.4 Å². The zero-order valence-corrected chi connectivity index (χ0v) is 14.4. The number of aromatic nitrogens is 2. The Morgan fingerprint density at radius 3 is 2.79 bits per heavy atom. The molecule has 2 N–H and O–H groups in total. The minimum Gasteiger partial charge on any atom is -0.382 e. The molecule has 0 bridgehead atoms. The number of anilines is 2. The molecule has 5 nitrogen and oxygen atoms in total. The Kier molecular flexibility index (Phi) is 3.51. The molecular formula is C18H18N4OS. The predicted molar refractivity (Wildman–Crippen MR) is 101 cm³/mol. The second-order valence-corrected chi connectivity index (χ2v) is 6.56. The molecule has 122 valence electrons. The third-order valence-corrected chi connectivity index (χ3v) is 4.88. The van der Waals surface area contributed by atoms with Crippen LogP contribution >= 0.6 is 12.2 Å². The second kappa shape index (κ2) is 5.58. The van der Waals surface area contributed by atoms with Crippen LogP contribution in [0, 0.1) is 0 Å².